The minimum Gasteiger partial charge on any atom is -0.424 e. The summed E-state index contributed by atoms with van der Waals surface area (Å²) in [5, 5.41) is 11.6. The summed E-state index contributed by atoms with van der Waals surface area (Å²) in [7, 11) is 0. The second-order valence-corrected chi connectivity index (χ2v) is 6.65. The Labute approximate surface area is 141 Å². The number of nitrogens with zero attached hydrogens (tertiary/aromatic N) is 3. The highest BCUT2D eigenvalue weighted by atomic mass is 16.4. The molecule has 0 unspecified atom stereocenters. The summed E-state index contributed by atoms with van der Waals surface area (Å²) in [5.74, 6) is 2.13. The van der Waals surface area contributed by atoms with Crippen LogP contribution in [0.25, 0.3) is 0 Å². The van der Waals surface area contributed by atoms with Crippen LogP contribution in [0.15, 0.2) is 28.7 Å². The zero-order valence-electron chi connectivity index (χ0n) is 13.9. The molecule has 1 aliphatic heterocycles. The molecule has 0 radical (unpaired) electrons. The Bertz CT molecular complexity index is 721. The van der Waals surface area contributed by atoms with Gasteiger partial charge < -0.3 is 14.6 Å². The van der Waals surface area contributed by atoms with Crippen LogP contribution in [0.1, 0.15) is 61.9 Å². The van der Waals surface area contributed by atoms with Crippen molar-refractivity contribution in [2.45, 2.75) is 51.1 Å². The fraction of sp³-hybridized carbons (Fsp3) is 0.500. The van der Waals surface area contributed by atoms with Crippen LogP contribution in [0.5, 0.6) is 0 Å². The van der Waals surface area contributed by atoms with Gasteiger partial charge in [-0.25, -0.2) is 0 Å². The minimum absolute atomic E-state index is 0.171. The van der Waals surface area contributed by atoms with Gasteiger partial charge in [-0.05, 0) is 43.9 Å². The molecule has 2 fully saturated rings. The van der Waals surface area contributed by atoms with Gasteiger partial charge in [0.25, 0.3) is 0 Å². The highest BCUT2D eigenvalue weighted by Crippen LogP contribution is 2.39. The molecule has 4 rings (SSSR count). The van der Waals surface area contributed by atoms with Crippen LogP contribution in [-0.4, -0.2) is 22.6 Å². The van der Waals surface area contributed by atoms with Gasteiger partial charge in [0.05, 0.1) is 6.54 Å². The summed E-state index contributed by atoms with van der Waals surface area (Å²) in [4.78, 5) is 13.7. The molecule has 6 nitrogen and oxygen atoms in total. The van der Waals surface area contributed by atoms with E-state index in [1.54, 1.807) is 0 Å². The fourth-order valence-electron chi connectivity index (χ4n) is 3.06. The van der Waals surface area contributed by atoms with Gasteiger partial charge >= 0.3 is 0 Å². The molecular weight excluding hydrogens is 304 g/mol. The molecule has 24 heavy (non-hydrogen) atoms. The molecule has 1 saturated carbocycles. The van der Waals surface area contributed by atoms with Crippen LogP contribution in [0.4, 0.5) is 5.69 Å². The summed E-state index contributed by atoms with van der Waals surface area (Å²) in [6, 6.07) is 8.36. The highest BCUT2D eigenvalue weighted by molar-refractivity contribution is 5.95. The van der Waals surface area contributed by atoms with E-state index in [4.69, 9.17) is 4.42 Å². The predicted molar refractivity (Wildman–Crippen MR) is 89.6 cm³/mol. The van der Waals surface area contributed by atoms with Crippen molar-refractivity contribution in [1.82, 2.24) is 15.5 Å². The summed E-state index contributed by atoms with van der Waals surface area (Å²) in [6.07, 6.45) is 3.94. The quantitative estimate of drug-likeness (QED) is 0.884. The fourth-order valence-corrected chi connectivity index (χ4v) is 3.06. The SMILES string of the molecule is C[C@@H](NCc1nnc(C2CC2)o1)c1ccc(N2CCCC2=O)cc1. The van der Waals surface area contributed by atoms with Crippen LogP contribution in [0.2, 0.25) is 0 Å². The van der Waals surface area contributed by atoms with Gasteiger partial charge in [0, 0.05) is 30.6 Å². The molecule has 1 aliphatic carbocycles. The molecule has 1 aromatic carbocycles. The molecule has 1 N–H and O–H groups in total. The molecule has 1 aromatic heterocycles. The van der Waals surface area contributed by atoms with Crippen molar-refractivity contribution in [3.05, 3.63) is 41.6 Å². The van der Waals surface area contributed by atoms with Gasteiger partial charge in [-0.3, -0.25) is 4.79 Å². The lowest BCUT2D eigenvalue weighted by molar-refractivity contribution is -0.117. The van der Waals surface area contributed by atoms with Gasteiger partial charge in [0.15, 0.2) is 0 Å². The van der Waals surface area contributed by atoms with E-state index in [-0.39, 0.29) is 11.9 Å². The van der Waals surface area contributed by atoms with Crippen LogP contribution >= 0.6 is 0 Å². The van der Waals surface area contributed by atoms with Crippen molar-refractivity contribution in [3.8, 4) is 0 Å². The number of carbonyl (C=O) groups excluding carboxylic acids is 1. The van der Waals surface area contributed by atoms with Crippen molar-refractivity contribution in [1.29, 1.82) is 0 Å². The number of aromatic nitrogens is 2. The van der Waals surface area contributed by atoms with Gasteiger partial charge in [0.1, 0.15) is 0 Å². The Morgan fingerprint density at radius 1 is 1.29 bits per heavy atom. The van der Waals surface area contributed by atoms with E-state index in [2.05, 4.69) is 34.6 Å². The Morgan fingerprint density at radius 2 is 2.08 bits per heavy atom. The maximum atomic E-state index is 11.8. The van der Waals surface area contributed by atoms with Crippen molar-refractivity contribution in [2.24, 2.45) is 0 Å². The number of carbonyl (C=O) groups is 1. The van der Waals surface area contributed by atoms with Crippen molar-refractivity contribution in [3.63, 3.8) is 0 Å². The number of nitrogens with one attached hydrogen (secondary N) is 1. The largest absolute Gasteiger partial charge is 0.424 e. The molecule has 6 heteroatoms. The number of benzene rings is 1. The molecule has 1 atom stereocenters. The van der Waals surface area contributed by atoms with Gasteiger partial charge in [0.2, 0.25) is 17.7 Å². The third-order valence-electron chi connectivity index (χ3n) is 4.75. The Kier molecular flexibility index (Phi) is 4.06. The lowest BCUT2D eigenvalue weighted by atomic mass is 10.1. The summed E-state index contributed by atoms with van der Waals surface area (Å²) < 4.78 is 5.66. The Morgan fingerprint density at radius 3 is 2.75 bits per heavy atom. The molecule has 2 aliphatic rings. The lowest BCUT2D eigenvalue weighted by Gasteiger charge is -2.18. The van der Waals surface area contributed by atoms with E-state index < -0.39 is 0 Å². The molecule has 1 saturated heterocycles. The standard InChI is InChI=1S/C18H22N4O2/c1-12(19-11-16-20-21-18(24-16)14-4-5-14)13-6-8-15(9-7-13)22-10-2-3-17(22)23/h6-9,12,14,19H,2-5,10-11H2,1H3/t12-/m1/s1. The minimum atomic E-state index is 0.171. The van der Waals surface area contributed by atoms with Crippen LogP contribution in [0.3, 0.4) is 0 Å². The van der Waals surface area contributed by atoms with E-state index in [0.717, 1.165) is 37.4 Å². The second kappa shape index (κ2) is 6.36. The summed E-state index contributed by atoms with van der Waals surface area (Å²) in [5.41, 5.74) is 2.16. The first-order valence-electron chi connectivity index (χ1n) is 8.66. The van der Waals surface area contributed by atoms with Crippen molar-refractivity contribution in [2.75, 3.05) is 11.4 Å². The number of anilines is 1. The van der Waals surface area contributed by atoms with E-state index >= 15 is 0 Å². The number of hydrogen-bond donors (Lipinski definition) is 1. The van der Waals surface area contributed by atoms with Crippen LogP contribution in [0, 0.1) is 0 Å². The van der Waals surface area contributed by atoms with Gasteiger partial charge in [-0.2, -0.15) is 0 Å². The first-order valence-corrected chi connectivity index (χ1v) is 8.66. The average molecular weight is 326 g/mol. The lowest BCUT2D eigenvalue weighted by Crippen LogP contribution is -2.23. The first kappa shape index (κ1) is 15.3. The summed E-state index contributed by atoms with van der Waals surface area (Å²) >= 11 is 0. The van der Waals surface area contributed by atoms with Crippen LogP contribution < -0.4 is 10.2 Å². The van der Waals surface area contributed by atoms with E-state index in [1.165, 1.54) is 5.56 Å². The molecule has 0 spiro atoms. The topological polar surface area (TPSA) is 71.3 Å². The zero-order valence-corrected chi connectivity index (χ0v) is 13.9. The molecular formula is C18H22N4O2. The van der Waals surface area contributed by atoms with Gasteiger partial charge in [-0.1, -0.05) is 12.1 Å². The van der Waals surface area contributed by atoms with E-state index in [1.807, 2.05) is 17.0 Å². The number of rotatable bonds is 6. The highest BCUT2D eigenvalue weighted by Gasteiger charge is 2.29. The van der Waals surface area contributed by atoms with Gasteiger partial charge in [-0.15, -0.1) is 10.2 Å². The predicted octanol–water partition coefficient (Wildman–Crippen LogP) is 2.92. The van der Waals surface area contributed by atoms with Crippen molar-refractivity contribution >= 4 is 11.6 Å². The third-order valence-corrected chi connectivity index (χ3v) is 4.75. The normalized spacial score (nSPS) is 19.0. The third kappa shape index (κ3) is 3.19. The maximum absolute atomic E-state index is 11.8. The zero-order chi connectivity index (χ0) is 16.5. The Hall–Kier alpha value is -2.21. The molecule has 1 amide bonds. The maximum Gasteiger partial charge on any atom is 0.230 e. The Balaban J connectivity index is 1.35. The molecule has 0 bridgehead atoms. The van der Waals surface area contributed by atoms with Crippen LogP contribution in [-0.2, 0) is 11.3 Å². The monoisotopic (exact) mass is 326 g/mol. The smallest absolute Gasteiger partial charge is 0.230 e. The average Bonchev–Trinajstić information content (AvgIpc) is 3.19. The first-order chi connectivity index (χ1) is 11.7. The number of hydrogen-bond acceptors (Lipinski definition) is 5. The van der Waals surface area contributed by atoms with Crippen molar-refractivity contribution < 1.29 is 9.21 Å². The molecule has 2 aromatic rings. The molecule has 126 valence electrons. The van der Waals surface area contributed by atoms with E-state index in [9.17, 15) is 4.79 Å². The summed E-state index contributed by atoms with van der Waals surface area (Å²) in [6.45, 7) is 3.49. The van der Waals surface area contributed by atoms with E-state index in [0.29, 0.717) is 24.8 Å². The number of amides is 1. The second-order valence-electron chi connectivity index (χ2n) is 6.65. The molecule has 2 heterocycles.